The molecule has 120 valence electrons. The number of piperazine rings is 1. The summed E-state index contributed by atoms with van der Waals surface area (Å²) in [6.07, 6.45) is 2.69. The van der Waals surface area contributed by atoms with E-state index >= 15 is 0 Å². The largest absolute Gasteiger partial charge is 0.372 e. The van der Waals surface area contributed by atoms with Gasteiger partial charge in [-0.05, 0) is 37.5 Å². The Hall–Kier alpha value is -0.480. The van der Waals surface area contributed by atoms with Crippen molar-refractivity contribution in [2.24, 2.45) is 0 Å². The Balaban J connectivity index is 0.00000110. The van der Waals surface area contributed by atoms with Crippen LogP contribution in [0.5, 0.6) is 0 Å². The van der Waals surface area contributed by atoms with Crippen molar-refractivity contribution in [1.29, 1.82) is 0 Å². The molecule has 2 aliphatic heterocycles. The Kier molecular flexibility index (Phi) is 7.82. The number of rotatable bonds is 3. The topological polar surface area (TPSA) is 18.5 Å². The Bertz CT molecular complexity index is 398. The summed E-state index contributed by atoms with van der Waals surface area (Å²) >= 11 is 0. The van der Waals surface area contributed by atoms with Crippen LogP contribution in [0.2, 0.25) is 0 Å². The van der Waals surface area contributed by atoms with Gasteiger partial charge in [0.05, 0.1) is 0 Å². The van der Waals surface area contributed by atoms with E-state index in [1.165, 1.54) is 37.2 Å². The van der Waals surface area contributed by atoms with Gasteiger partial charge in [-0.2, -0.15) is 0 Å². The molecule has 0 bridgehead atoms. The summed E-state index contributed by atoms with van der Waals surface area (Å²) in [6, 6.07) is 9.79. The fourth-order valence-corrected chi connectivity index (χ4v) is 3.22. The van der Waals surface area contributed by atoms with Crippen LogP contribution in [0.4, 0.5) is 5.69 Å². The van der Waals surface area contributed by atoms with E-state index in [2.05, 4.69) is 46.3 Å². The van der Waals surface area contributed by atoms with Crippen molar-refractivity contribution < 1.29 is 0 Å². The number of halogens is 2. The normalized spacial score (nSPS) is 20.5. The smallest absolute Gasteiger partial charge is 0.0366 e. The predicted molar refractivity (Wildman–Crippen MR) is 95.2 cm³/mol. The molecule has 5 heteroatoms. The summed E-state index contributed by atoms with van der Waals surface area (Å²) < 4.78 is 0. The van der Waals surface area contributed by atoms with Gasteiger partial charge in [-0.25, -0.2) is 0 Å². The Morgan fingerprint density at radius 2 is 1.48 bits per heavy atom. The molecule has 21 heavy (non-hydrogen) atoms. The van der Waals surface area contributed by atoms with Gasteiger partial charge in [-0.15, -0.1) is 24.8 Å². The molecule has 0 aliphatic carbocycles. The predicted octanol–water partition coefficient (Wildman–Crippen LogP) is 3.10. The fourth-order valence-electron chi connectivity index (χ4n) is 3.22. The number of anilines is 1. The van der Waals surface area contributed by atoms with Crippen LogP contribution in [0, 0.1) is 0 Å². The summed E-state index contributed by atoms with van der Waals surface area (Å²) in [5, 5.41) is 3.42. The molecule has 0 unspecified atom stereocenters. The summed E-state index contributed by atoms with van der Waals surface area (Å²) in [5.74, 6) is 0. The van der Waals surface area contributed by atoms with E-state index in [0.29, 0.717) is 6.04 Å². The first-order chi connectivity index (χ1) is 9.34. The molecule has 0 amide bonds. The average molecular weight is 332 g/mol. The van der Waals surface area contributed by atoms with Crippen LogP contribution < -0.4 is 10.2 Å². The van der Waals surface area contributed by atoms with E-state index in [1.807, 2.05) is 0 Å². The van der Waals surface area contributed by atoms with E-state index in [1.54, 1.807) is 0 Å². The minimum Gasteiger partial charge on any atom is -0.372 e. The third-order valence-electron chi connectivity index (χ3n) is 4.55. The summed E-state index contributed by atoms with van der Waals surface area (Å²) in [6.45, 7) is 9.35. The van der Waals surface area contributed by atoms with E-state index in [0.717, 1.165) is 26.2 Å². The molecule has 2 heterocycles. The van der Waals surface area contributed by atoms with Crippen molar-refractivity contribution in [3.05, 3.63) is 29.8 Å². The second kappa shape index (κ2) is 8.84. The lowest BCUT2D eigenvalue weighted by atomic mass is 10.1. The molecule has 0 saturated carbocycles. The first-order valence-electron chi connectivity index (χ1n) is 7.64. The second-order valence-electron chi connectivity index (χ2n) is 5.75. The van der Waals surface area contributed by atoms with Gasteiger partial charge in [0.25, 0.3) is 0 Å². The zero-order valence-corrected chi connectivity index (χ0v) is 14.4. The first-order valence-corrected chi connectivity index (χ1v) is 7.64. The SMILES string of the molecule is C[C@H](c1ccc(N2CCCC2)cc1)N1CCNCC1.Cl.Cl. The molecule has 2 aliphatic rings. The van der Waals surface area contributed by atoms with Crippen LogP contribution in [0.25, 0.3) is 0 Å². The maximum absolute atomic E-state index is 3.42. The van der Waals surface area contributed by atoms with Crippen molar-refractivity contribution in [3.8, 4) is 0 Å². The third-order valence-corrected chi connectivity index (χ3v) is 4.55. The van der Waals surface area contributed by atoms with Gasteiger partial charge < -0.3 is 10.2 Å². The molecular weight excluding hydrogens is 305 g/mol. The van der Waals surface area contributed by atoms with Crippen LogP contribution in [0.1, 0.15) is 31.4 Å². The van der Waals surface area contributed by atoms with Crippen molar-refractivity contribution in [3.63, 3.8) is 0 Å². The van der Waals surface area contributed by atoms with Gasteiger partial charge in [0, 0.05) is 51.0 Å². The quantitative estimate of drug-likeness (QED) is 0.918. The van der Waals surface area contributed by atoms with Crippen LogP contribution in [-0.2, 0) is 0 Å². The lowest BCUT2D eigenvalue weighted by Gasteiger charge is -2.33. The maximum Gasteiger partial charge on any atom is 0.0366 e. The lowest BCUT2D eigenvalue weighted by Crippen LogP contribution is -2.44. The van der Waals surface area contributed by atoms with Gasteiger partial charge in [-0.3, -0.25) is 4.90 Å². The molecule has 3 rings (SSSR count). The second-order valence-corrected chi connectivity index (χ2v) is 5.75. The molecule has 0 radical (unpaired) electrons. The number of nitrogens with zero attached hydrogens (tertiary/aromatic N) is 2. The molecule has 0 aromatic heterocycles. The van der Waals surface area contributed by atoms with E-state index in [4.69, 9.17) is 0 Å². The maximum atomic E-state index is 3.42. The number of hydrogen-bond acceptors (Lipinski definition) is 3. The summed E-state index contributed by atoms with van der Waals surface area (Å²) in [7, 11) is 0. The van der Waals surface area contributed by atoms with Crippen molar-refractivity contribution in [1.82, 2.24) is 10.2 Å². The molecule has 0 spiro atoms. The molecule has 1 aromatic carbocycles. The average Bonchev–Trinajstić information content (AvgIpc) is 3.02. The molecule has 1 aromatic rings. The van der Waals surface area contributed by atoms with E-state index in [9.17, 15) is 0 Å². The zero-order chi connectivity index (χ0) is 13.1. The van der Waals surface area contributed by atoms with Gasteiger partial charge >= 0.3 is 0 Å². The molecule has 2 saturated heterocycles. The van der Waals surface area contributed by atoms with E-state index in [-0.39, 0.29) is 24.8 Å². The van der Waals surface area contributed by atoms with Gasteiger partial charge in [0.2, 0.25) is 0 Å². The van der Waals surface area contributed by atoms with E-state index < -0.39 is 0 Å². The van der Waals surface area contributed by atoms with Crippen LogP contribution >= 0.6 is 24.8 Å². The minimum atomic E-state index is 0. The van der Waals surface area contributed by atoms with Gasteiger partial charge in [0.15, 0.2) is 0 Å². The molecular formula is C16H27Cl2N3. The van der Waals surface area contributed by atoms with Crippen molar-refractivity contribution in [2.75, 3.05) is 44.2 Å². The highest BCUT2D eigenvalue weighted by atomic mass is 35.5. The standard InChI is InChI=1S/C16H25N3.2ClH/c1-14(18-12-8-17-9-13-18)15-4-6-16(7-5-15)19-10-2-3-11-19;;/h4-7,14,17H,2-3,8-13H2,1H3;2*1H/t14-;;/m1../s1. The number of benzene rings is 1. The van der Waals surface area contributed by atoms with Crippen LogP contribution in [0.15, 0.2) is 24.3 Å². The first kappa shape index (κ1) is 18.6. The summed E-state index contributed by atoms with van der Waals surface area (Å²) in [5.41, 5.74) is 2.85. The van der Waals surface area contributed by atoms with Crippen molar-refractivity contribution >= 4 is 30.5 Å². The molecule has 1 N–H and O–H groups in total. The molecule has 2 fully saturated rings. The number of nitrogens with one attached hydrogen (secondary N) is 1. The van der Waals surface area contributed by atoms with Gasteiger partial charge in [0.1, 0.15) is 0 Å². The van der Waals surface area contributed by atoms with Crippen LogP contribution in [0.3, 0.4) is 0 Å². The highest BCUT2D eigenvalue weighted by Gasteiger charge is 2.18. The fraction of sp³-hybridized carbons (Fsp3) is 0.625. The zero-order valence-electron chi connectivity index (χ0n) is 12.8. The minimum absolute atomic E-state index is 0. The lowest BCUT2D eigenvalue weighted by molar-refractivity contribution is 0.185. The van der Waals surface area contributed by atoms with Gasteiger partial charge in [-0.1, -0.05) is 12.1 Å². The van der Waals surface area contributed by atoms with Crippen molar-refractivity contribution in [2.45, 2.75) is 25.8 Å². The highest BCUT2D eigenvalue weighted by molar-refractivity contribution is 5.85. The third kappa shape index (κ3) is 4.49. The Morgan fingerprint density at radius 3 is 2.05 bits per heavy atom. The monoisotopic (exact) mass is 331 g/mol. The Morgan fingerprint density at radius 1 is 0.905 bits per heavy atom. The van der Waals surface area contributed by atoms with Crippen LogP contribution in [-0.4, -0.2) is 44.2 Å². The highest BCUT2D eigenvalue weighted by Crippen LogP contribution is 2.25. The summed E-state index contributed by atoms with van der Waals surface area (Å²) in [4.78, 5) is 5.07. The number of hydrogen-bond donors (Lipinski definition) is 1. The molecule has 1 atom stereocenters. The molecule has 3 nitrogen and oxygen atoms in total. The Labute approximate surface area is 140 Å².